The van der Waals surface area contributed by atoms with E-state index in [1.165, 1.54) is 0 Å². The summed E-state index contributed by atoms with van der Waals surface area (Å²) in [5.41, 5.74) is 2.11. The largest absolute Gasteiger partial charge is 0.336 e. The lowest BCUT2D eigenvalue weighted by Gasteiger charge is -2.27. The van der Waals surface area contributed by atoms with Crippen LogP contribution in [0.25, 0.3) is 5.69 Å². The lowest BCUT2D eigenvalue weighted by molar-refractivity contribution is -0.129. The molecule has 0 saturated carbocycles. The molecule has 2 aromatic rings. The number of hydrogen-bond acceptors (Lipinski definition) is 2. The number of rotatable bonds is 4. The summed E-state index contributed by atoms with van der Waals surface area (Å²) >= 11 is 5.91. The van der Waals surface area contributed by atoms with Gasteiger partial charge < -0.3 is 4.90 Å². The van der Waals surface area contributed by atoms with E-state index in [2.05, 4.69) is 18.1 Å². The van der Waals surface area contributed by atoms with Gasteiger partial charge in [0, 0.05) is 36.8 Å². The maximum atomic E-state index is 12.2. The fourth-order valence-corrected chi connectivity index (χ4v) is 3.12. The molecule has 1 amide bonds. The molecule has 0 radical (unpaired) electrons. The average Bonchev–Trinajstić information content (AvgIpc) is 3.16. The molecule has 5 heteroatoms. The standard InChI is InChI=1S/C16H18ClN3O/c1-12(19-11-13(10-17)9-16(19)21)14-5-2-3-6-15(14)20-8-4-7-18-20/h2-8,12-13H,9-11H2,1H3. The molecular formula is C16H18ClN3O. The zero-order chi connectivity index (χ0) is 14.8. The molecule has 1 aliphatic rings. The lowest BCUT2D eigenvalue weighted by atomic mass is 10.0. The van der Waals surface area contributed by atoms with Crippen LogP contribution in [0, 0.1) is 5.92 Å². The van der Waals surface area contributed by atoms with Gasteiger partial charge in [-0.15, -0.1) is 11.6 Å². The number of nitrogens with zero attached hydrogens (tertiary/aromatic N) is 3. The predicted molar refractivity (Wildman–Crippen MR) is 82.5 cm³/mol. The Morgan fingerprint density at radius 2 is 2.19 bits per heavy atom. The molecule has 1 aromatic carbocycles. The highest BCUT2D eigenvalue weighted by Crippen LogP contribution is 2.31. The summed E-state index contributed by atoms with van der Waals surface area (Å²) in [6.45, 7) is 2.80. The van der Waals surface area contributed by atoms with Crippen LogP contribution >= 0.6 is 11.6 Å². The first-order chi connectivity index (χ1) is 10.2. The Morgan fingerprint density at radius 3 is 2.86 bits per heavy atom. The van der Waals surface area contributed by atoms with Crippen molar-refractivity contribution in [2.75, 3.05) is 12.4 Å². The van der Waals surface area contributed by atoms with Gasteiger partial charge in [-0.2, -0.15) is 5.10 Å². The molecule has 3 rings (SSSR count). The van der Waals surface area contributed by atoms with E-state index in [0.717, 1.165) is 17.8 Å². The van der Waals surface area contributed by atoms with Crippen LogP contribution in [-0.2, 0) is 4.79 Å². The van der Waals surface area contributed by atoms with Crippen LogP contribution in [0.15, 0.2) is 42.7 Å². The van der Waals surface area contributed by atoms with E-state index < -0.39 is 0 Å². The van der Waals surface area contributed by atoms with Crippen LogP contribution in [0.3, 0.4) is 0 Å². The molecule has 2 heterocycles. The summed E-state index contributed by atoms with van der Waals surface area (Å²) in [6.07, 6.45) is 4.22. The Bertz CT molecular complexity index is 626. The maximum absolute atomic E-state index is 12.2. The number of benzene rings is 1. The summed E-state index contributed by atoms with van der Waals surface area (Å²) in [6, 6.07) is 9.98. The second-order valence-electron chi connectivity index (χ2n) is 5.46. The second kappa shape index (κ2) is 5.90. The monoisotopic (exact) mass is 303 g/mol. The van der Waals surface area contributed by atoms with Gasteiger partial charge in [0.1, 0.15) is 0 Å². The Hall–Kier alpha value is -1.81. The van der Waals surface area contributed by atoms with Crippen LogP contribution in [0.5, 0.6) is 0 Å². The van der Waals surface area contributed by atoms with E-state index in [0.29, 0.717) is 12.3 Å². The van der Waals surface area contributed by atoms with Gasteiger partial charge in [-0.1, -0.05) is 18.2 Å². The quantitative estimate of drug-likeness (QED) is 0.814. The van der Waals surface area contributed by atoms with Crippen LogP contribution < -0.4 is 0 Å². The number of amides is 1. The highest BCUT2D eigenvalue weighted by Gasteiger charge is 2.33. The summed E-state index contributed by atoms with van der Waals surface area (Å²) in [4.78, 5) is 14.1. The molecule has 1 saturated heterocycles. The van der Waals surface area contributed by atoms with Crippen LogP contribution in [0.1, 0.15) is 24.9 Å². The smallest absolute Gasteiger partial charge is 0.223 e. The van der Waals surface area contributed by atoms with Crippen molar-refractivity contribution in [2.24, 2.45) is 5.92 Å². The van der Waals surface area contributed by atoms with Gasteiger partial charge in [0.05, 0.1) is 11.7 Å². The predicted octanol–water partition coefficient (Wildman–Crippen LogP) is 3.02. The van der Waals surface area contributed by atoms with Crippen LogP contribution in [0.2, 0.25) is 0 Å². The summed E-state index contributed by atoms with van der Waals surface area (Å²) in [5.74, 6) is 0.984. The molecule has 1 aliphatic heterocycles. The van der Waals surface area contributed by atoms with Crippen molar-refractivity contribution in [3.8, 4) is 5.69 Å². The van der Waals surface area contributed by atoms with Crippen molar-refractivity contribution in [1.82, 2.24) is 14.7 Å². The number of halogens is 1. The number of alkyl halides is 1. The summed E-state index contributed by atoms with van der Waals surface area (Å²) in [5, 5.41) is 4.30. The van der Waals surface area contributed by atoms with E-state index >= 15 is 0 Å². The van der Waals surface area contributed by atoms with E-state index in [1.54, 1.807) is 6.20 Å². The van der Waals surface area contributed by atoms with Crippen LogP contribution in [-0.4, -0.2) is 33.0 Å². The first kappa shape index (κ1) is 14.1. The van der Waals surface area contributed by atoms with E-state index in [-0.39, 0.29) is 17.9 Å². The highest BCUT2D eigenvalue weighted by atomic mass is 35.5. The molecular weight excluding hydrogens is 286 g/mol. The molecule has 0 bridgehead atoms. The zero-order valence-electron chi connectivity index (χ0n) is 11.9. The Balaban J connectivity index is 1.92. The van der Waals surface area contributed by atoms with Gasteiger partial charge in [-0.3, -0.25) is 4.79 Å². The molecule has 0 aliphatic carbocycles. The third-order valence-electron chi connectivity index (χ3n) is 4.06. The highest BCUT2D eigenvalue weighted by molar-refractivity contribution is 6.18. The zero-order valence-corrected chi connectivity index (χ0v) is 12.7. The number of hydrogen-bond donors (Lipinski definition) is 0. The maximum Gasteiger partial charge on any atom is 0.223 e. The van der Waals surface area contributed by atoms with Crippen molar-refractivity contribution >= 4 is 17.5 Å². The molecule has 0 N–H and O–H groups in total. The third-order valence-corrected chi connectivity index (χ3v) is 4.50. The van der Waals surface area contributed by atoms with Crippen molar-refractivity contribution in [3.63, 3.8) is 0 Å². The van der Waals surface area contributed by atoms with Gasteiger partial charge in [0.25, 0.3) is 0 Å². The molecule has 4 nitrogen and oxygen atoms in total. The molecule has 21 heavy (non-hydrogen) atoms. The normalized spacial score (nSPS) is 20.0. The van der Waals surface area contributed by atoms with E-state index in [4.69, 9.17) is 11.6 Å². The minimum atomic E-state index is 0.0196. The van der Waals surface area contributed by atoms with Gasteiger partial charge >= 0.3 is 0 Å². The van der Waals surface area contributed by atoms with Crippen molar-refractivity contribution in [3.05, 3.63) is 48.3 Å². The SMILES string of the molecule is CC(c1ccccc1-n1cccn1)N1CC(CCl)CC1=O. The molecule has 110 valence electrons. The fraction of sp³-hybridized carbons (Fsp3) is 0.375. The summed E-state index contributed by atoms with van der Waals surface area (Å²) in [7, 11) is 0. The van der Waals surface area contributed by atoms with E-state index in [1.807, 2.05) is 40.0 Å². The van der Waals surface area contributed by atoms with Crippen molar-refractivity contribution in [1.29, 1.82) is 0 Å². The minimum absolute atomic E-state index is 0.0196. The van der Waals surface area contributed by atoms with Gasteiger partial charge in [0.2, 0.25) is 5.91 Å². The first-order valence-electron chi connectivity index (χ1n) is 7.15. The Kier molecular flexibility index (Phi) is 3.97. The van der Waals surface area contributed by atoms with Gasteiger partial charge in [-0.25, -0.2) is 4.68 Å². The number of carbonyl (C=O) groups is 1. The summed E-state index contributed by atoms with van der Waals surface area (Å²) < 4.78 is 1.84. The fourth-order valence-electron chi connectivity index (χ4n) is 2.91. The van der Waals surface area contributed by atoms with Gasteiger partial charge in [-0.05, 0) is 25.0 Å². The Morgan fingerprint density at radius 1 is 1.38 bits per heavy atom. The van der Waals surface area contributed by atoms with Crippen LogP contribution in [0.4, 0.5) is 0 Å². The lowest BCUT2D eigenvalue weighted by Crippen LogP contribution is -2.29. The topological polar surface area (TPSA) is 38.1 Å². The van der Waals surface area contributed by atoms with Crippen molar-refractivity contribution in [2.45, 2.75) is 19.4 Å². The van der Waals surface area contributed by atoms with Gasteiger partial charge in [0.15, 0.2) is 0 Å². The number of likely N-dealkylation sites (tertiary alicyclic amines) is 1. The third kappa shape index (κ3) is 2.68. The Labute approximate surface area is 129 Å². The molecule has 0 spiro atoms. The molecule has 1 fully saturated rings. The average molecular weight is 304 g/mol. The minimum Gasteiger partial charge on any atom is -0.336 e. The molecule has 2 atom stereocenters. The number of aromatic nitrogens is 2. The molecule has 2 unspecified atom stereocenters. The number of para-hydroxylation sites is 1. The molecule has 1 aromatic heterocycles. The second-order valence-corrected chi connectivity index (χ2v) is 5.76. The van der Waals surface area contributed by atoms with Crippen molar-refractivity contribution < 1.29 is 4.79 Å². The number of carbonyl (C=O) groups excluding carboxylic acids is 1. The van der Waals surface area contributed by atoms with E-state index in [9.17, 15) is 4.79 Å². The first-order valence-corrected chi connectivity index (χ1v) is 7.68.